The lowest BCUT2D eigenvalue weighted by Crippen LogP contribution is -2.74. The molecule has 0 atom stereocenters. The molecule has 0 radical (unpaired) electrons. The molecule has 0 aliphatic heterocycles. The first-order valence-electron chi connectivity index (χ1n) is 17.6. The van der Waals surface area contributed by atoms with Gasteiger partial charge >= 0.3 is 0 Å². The van der Waals surface area contributed by atoms with Crippen molar-refractivity contribution in [2.45, 2.75) is 6.92 Å². The van der Waals surface area contributed by atoms with Crippen LogP contribution in [0.15, 0.2) is 187 Å². The number of hydrogen-bond acceptors (Lipinski definition) is 2. The molecule has 0 fully saturated rings. The molecule has 2 heterocycles. The van der Waals surface area contributed by atoms with Gasteiger partial charge in [0.05, 0.1) is 11.0 Å². The van der Waals surface area contributed by atoms with Crippen molar-refractivity contribution in [3.8, 4) is 16.8 Å². The predicted molar refractivity (Wildman–Crippen MR) is 229 cm³/mol. The highest BCUT2D eigenvalue weighted by Crippen LogP contribution is 2.38. The van der Waals surface area contributed by atoms with Gasteiger partial charge in [-0.15, -0.1) is 11.3 Å². The number of hydrogen-bond donors (Lipinski definition) is 0. The van der Waals surface area contributed by atoms with Crippen LogP contribution < -0.4 is 20.7 Å². The van der Waals surface area contributed by atoms with Crippen LogP contribution in [-0.4, -0.2) is 19.4 Å². The minimum atomic E-state index is -2.65. The van der Waals surface area contributed by atoms with Crippen LogP contribution in [0.5, 0.6) is 0 Å². The predicted octanol–water partition coefficient (Wildman–Crippen LogP) is 10.0. The molecule has 0 bridgehead atoms. The van der Waals surface area contributed by atoms with Gasteiger partial charge < -0.3 is 4.57 Å². The first-order chi connectivity index (χ1) is 25.7. The fourth-order valence-electron chi connectivity index (χ4n) is 8.13. The molecule has 0 aliphatic rings. The van der Waals surface area contributed by atoms with E-state index >= 15 is 0 Å². The second kappa shape index (κ2) is 13.2. The number of thiophene rings is 1. The topological polar surface area (TPSA) is 17.3 Å². The zero-order valence-corrected chi connectivity index (χ0v) is 30.7. The Labute approximate surface area is 309 Å². The van der Waals surface area contributed by atoms with Crippen molar-refractivity contribution >= 4 is 84.8 Å². The Balaban J connectivity index is 1.24. The zero-order valence-electron chi connectivity index (χ0n) is 28.9. The van der Waals surface area contributed by atoms with Gasteiger partial charge in [-0.3, -0.25) is 4.99 Å². The molecule has 9 aromatic rings. The number of para-hydroxylation sites is 1. The van der Waals surface area contributed by atoms with E-state index in [1.165, 1.54) is 74.2 Å². The molecule has 4 heteroatoms. The highest BCUT2D eigenvalue weighted by molar-refractivity contribution is 7.20. The third-order valence-electron chi connectivity index (χ3n) is 10.4. The SMILES string of the molecule is C=N/C=C\c1c(C)sc2ccc(-n3c4ccccc4c4cc(-c5cccc([Si](c6ccccc6)(c6ccccc6)c6ccccc6)c5)ccc43)cc12. The molecular weight excluding hydrogens is 665 g/mol. The standard InChI is InChI=1S/C48H36N2SSi/c1-34-42(29-30-49-2)45-33-37(26-28-48(45)51-34)50-46-24-13-12-23-43(46)44-32-36(25-27-47(44)50)35-15-14-22-41(31-35)52(38-16-6-3-7-17-38,39-18-8-4-9-19-39)40-20-10-5-11-21-40/h3-33H,2H2,1H3/b30-29-. The summed E-state index contributed by atoms with van der Waals surface area (Å²) in [5.74, 6) is 0. The van der Waals surface area contributed by atoms with E-state index in [0.717, 1.165) is 5.69 Å². The monoisotopic (exact) mass is 700 g/mol. The summed E-state index contributed by atoms with van der Waals surface area (Å²) in [5, 5.41) is 9.22. The average Bonchev–Trinajstić information content (AvgIpc) is 3.71. The molecule has 7 aromatic carbocycles. The van der Waals surface area contributed by atoms with Gasteiger partial charge in [0.2, 0.25) is 0 Å². The van der Waals surface area contributed by atoms with Crippen molar-refractivity contribution in [2.24, 2.45) is 4.99 Å². The van der Waals surface area contributed by atoms with Gasteiger partial charge in [-0.05, 0) is 93.6 Å². The van der Waals surface area contributed by atoms with E-state index in [4.69, 9.17) is 0 Å². The summed E-state index contributed by atoms with van der Waals surface area (Å²) in [4.78, 5) is 5.26. The number of nitrogens with zero attached hydrogens (tertiary/aromatic N) is 2. The number of aryl methyl sites for hydroxylation is 1. The second-order valence-electron chi connectivity index (χ2n) is 13.3. The van der Waals surface area contributed by atoms with Crippen molar-refractivity contribution in [3.05, 3.63) is 193 Å². The molecule has 0 spiro atoms. The third kappa shape index (κ3) is 5.19. The van der Waals surface area contributed by atoms with Gasteiger partial charge in [0, 0.05) is 37.6 Å². The maximum absolute atomic E-state index is 3.98. The Bertz CT molecular complexity index is 2660. The molecule has 0 amide bonds. The van der Waals surface area contributed by atoms with E-state index < -0.39 is 8.07 Å². The van der Waals surface area contributed by atoms with Crippen LogP contribution in [0.4, 0.5) is 0 Å². The molecule has 0 saturated heterocycles. The van der Waals surface area contributed by atoms with E-state index in [0.29, 0.717) is 0 Å². The van der Waals surface area contributed by atoms with Gasteiger partial charge in [0.15, 0.2) is 8.07 Å². The Morgan fingerprint density at radius 2 is 1.13 bits per heavy atom. The maximum atomic E-state index is 3.98. The summed E-state index contributed by atoms with van der Waals surface area (Å²) in [7, 11) is -2.65. The van der Waals surface area contributed by atoms with Crippen LogP contribution >= 0.6 is 11.3 Å². The number of aliphatic imine (C=N–C) groups is 1. The van der Waals surface area contributed by atoms with Crippen molar-refractivity contribution in [1.82, 2.24) is 4.57 Å². The van der Waals surface area contributed by atoms with Gasteiger partial charge in [-0.25, -0.2) is 0 Å². The molecule has 9 rings (SSSR count). The van der Waals surface area contributed by atoms with Crippen LogP contribution in [0.2, 0.25) is 0 Å². The normalized spacial score (nSPS) is 11.9. The summed E-state index contributed by atoms with van der Waals surface area (Å²) in [5.41, 5.74) is 7.18. The van der Waals surface area contributed by atoms with Crippen molar-refractivity contribution in [1.29, 1.82) is 0 Å². The molecule has 2 nitrogen and oxygen atoms in total. The van der Waals surface area contributed by atoms with Crippen molar-refractivity contribution in [2.75, 3.05) is 0 Å². The zero-order chi connectivity index (χ0) is 35.1. The largest absolute Gasteiger partial charge is 0.309 e. The van der Waals surface area contributed by atoms with Crippen molar-refractivity contribution in [3.63, 3.8) is 0 Å². The second-order valence-corrected chi connectivity index (χ2v) is 18.3. The summed E-state index contributed by atoms with van der Waals surface area (Å²) in [6.07, 6.45) is 3.85. The Hall–Kier alpha value is -6.07. The number of rotatable bonds is 8. The van der Waals surface area contributed by atoms with E-state index in [9.17, 15) is 0 Å². The lowest BCUT2D eigenvalue weighted by Gasteiger charge is -2.34. The van der Waals surface area contributed by atoms with E-state index in [2.05, 4.69) is 205 Å². The Morgan fingerprint density at radius 3 is 1.81 bits per heavy atom. The third-order valence-corrected chi connectivity index (χ3v) is 16.3. The minimum Gasteiger partial charge on any atom is -0.309 e. The molecule has 0 saturated carbocycles. The van der Waals surface area contributed by atoms with Crippen LogP contribution in [-0.2, 0) is 0 Å². The molecule has 0 N–H and O–H groups in total. The van der Waals surface area contributed by atoms with Crippen molar-refractivity contribution < 1.29 is 0 Å². The highest BCUT2D eigenvalue weighted by Gasteiger charge is 2.41. The molecular formula is C48H36N2SSi. The number of aromatic nitrogens is 1. The van der Waals surface area contributed by atoms with Crippen LogP contribution in [0.1, 0.15) is 10.4 Å². The van der Waals surface area contributed by atoms with Crippen LogP contribution in [0.3, 0.4) is 0 Å². The van der Waals surface area contributed by atoms with Gasteiger partial charge in [-0.2, -0.15) is 0 Å². The van der Waals surface area contributed by atoms with Gasteiger partial charge in [0.25, 0.3) is 0 Å². The molecule has 2 aromatic heterocycles. The van der Waals surface area contributed by atoms with Crippen LogP contribution in [0.25, 0.3) is 54.8 Å². The fourth-order valence-corrected chi connectivity index (χ4v) is 14.0. The first kappa shape index (κ1) is 31.9. The Morgan fingerprint density at radius 1 is 0.538 bits per heavy atom. The van der Waals surface area contributed by atoms with E-state index in [-0.39, 0.29) is 0 Å². The average molecular weight is 701 g/mol. The fraction of sp³-hybridized carbons (Fsp3) is 0.0208. The van der Waals surface area contributed by atoms with Gasteiger partial charge in [0.1, 0.15) is 0 Å². The highest BCUT2D eigenvalue weighted by atomic mass is 32.1. The maximum Gasteiger partial charge on any atom is 0.179 e. The summed E-state index contributed by atoms with van der Waals surface area (Å²) < 4.78 is 3.68. The van der Waals surface area contributed by atoms with E-state index in [1.54, 1.807) is 6.20 Å². The minimum absolute atomic E-state index is 1.15. The number of benzene rings is 7. The lowest BCUT2D eigenvalue weighted by molar-refractivity contribution is 1.19. The molecule has 0 aliphatic carbocycles. The summed E-state index contributed by atoms with van der Waals surface area (Å²) in [6.45, 7) is 5.82. The first-order valence-corrected chi connectivity index (χ1v) is 20.4. The Kier molecular flexibility index (Phi) is 8.11. The quantitative estimate of drug-likeness (QED) is 0.0853. The molecule has 248 valence electrons. The smallest absolute Gasteiger partial charge is 0.179 e. The van der Waals surface area contributed by atoms with E-state index in [1.807, 2.05) is 11.3 Å². The molecule has 0 unspecified atom stereocenters. The van der Waals surface area contributed by atoms with Gasteiger partial charge in [-0.1, -0.05) is 140 Å². The molecule has 52 heavy (non-hydrogen) atoms. The summed E-state index contributed by atoms with van der Waals surface area (Å²) in [6, 6.07) is 65.3. The van der Waals surface area contributed by atoms with Crippen LogP contribution in [0, 0.1) is 6.92 Å². The summed E-state index contributed by atoms with van der Waals surface area (Å²) >= 11 is 1.82. The lowest BCUT2D eigenvalue weighted by atomic mass is 10.0. The number of fused-ring (bicyclic) bond motifs is 4.